The van der Waals surface area contributed by atoms with E-state index >= 15 is 0 Å². The molecule has 1 aromatic carbocycles. The molecule has 0 aliphatic carbocycles. The highest BCUT2D eigenvalue weighted by Gasteiger charge is 2.12. The normalized spacial score (nSPS) is 10.8. The minimum Gasteiger partial charge on any atom is -0.329 e. The van der Waals surface area contributed by atoms with Gasteiger partial charge < -0.3 is 5.32 Å². The highest BCUT2D eigenvalue weighted by Crippen LogP contribution is 2.05. The van der Waals surface area contributed by atoms with E-state index in [0.29, 0.717) is 5.69 Å². The number of hydrogen-bond acceptors (Lipinski definition) is 3. The Bertz CT molecular complexity index is 399. The number of anilines is 1. The van der Waals surface area contributed by atoms with Crippen LogP contribution in [0.5, 0.6) is 0 Å². The van der Waals surface area contributed by atoms with E-state index < -0.39 is 15.3 Å². The molecule has 6 heteroatoms. The second kappa shape index (κ2) is 3.55. The van der Waals surface area contributed by atoms with Gasteiger partial charge in [0.25, 0.3) is 0 Å². The van der Waals surface area contributed by atoms with E-state index in [4.69, 9.17) is 9.96 Å². The third-order valence-electron chi connectivity index (χ3n) is 1.29. The maximum Gasteiger partial charge on any atom is 0.327 e. The molecular weight excluding hydrogens is 192 g/mol. The number of benzene rings is 1. The molecule has 1 rings (SSSR count). The highest BCUT2D eigenvalue weighted by atomic mass is 32.2. The van der Waals surface area contributed by atoms with Crippen molar-refractivity contribution >= 4 is 21.0 Å². The molecule has 70 valence electrons. The van der Waals surface area contributed by atoms with Crippen LogP contribution >= 0.6 is 0 Å². The molecule has 0 atom stereocenters. The molecule has 1 aromatic rings. The summed E-state index contributed by atoms with van der Waals surface area (Å²) in [5, 5.41) is 8.22. The van der Waals surface area contributed by atoms with Gasteiger partial charge in [0.1, 0.15) is 0 Å². The number of nitrogens with one attached hydrogen (secondary N) is 2. The maximum absolute atomic E-state index is 10.4. The van der Waals surface area contributed by atoms with Gasteiger partial charge in [-0.2, -0.15) is 8.42 Å². The Hall–Kier alpha value is -1.40. The van der Waals surface area contributed by atoms with Crippen molar-refractivity contribution in [3.8, 4) is 0 Å². The van der Waals surface area contributed by atoms with Gasteiger partial charge >= 0.3 is 10.1 Å². The molecule has 0 unspecified atom stereocenters. The van der Waals surface area contributed by atoms with Crippen molar-refractivity contribution < 1.29 is 13.0 Å². The van der Waals surface area contributed by atoms with Gasteiger partial charge in [-0.3, -0.25) is 9.96 Å². The lowest BCUT2D eigenvalue weighted by Gasteiger charge is -2.03. The Kier molecular flexibility index (Phi) is 2.64. The standard InChI is InChI=1S/C7H8N2O3S/c8-7(13(10,11)12)9-6-4-2-1-3-5-6/h1-5H,(H2,8,9)(H,10,11,12). The van der Waals surface area contributed by atoms with Gasteiger partial charge in [0.2, 0.25) is 5.17 Å². The second-order valence-electron chi connectivity index (χ2n) is 2.30. The molecule has 0 radical (unpaired) electrons. The first-order valence-electron chi connectivity index (χ1n) is 3.38. The van der Waals surface area contributed by atoms with E-state index in [1.165, 1.54) is 0 Å². The Balaban J connectivity index is 2.78. The summed E-state index contributed by atoms with van der Waals surface area (Å²) in [4.78, 5) is 0. The molecule has 0 heterocycles. The Morgan fingerprint density at radius 1 is 1.31 bits per heavy atom. The SMILES string of the molecule is N=C(Nc1ccccc1)S(=O)(=O)O. The lowest BCUT2D eigenvalue weighted by atomic mass is 10.3. The van der Waals surface area contributed by atoms with E-state index in [2.05, 4.69) is 5.32 Å². The van der Waals surface area contributed by atoms with Crippen molar-refractivity contribution in [1.29, 1.82) is 5.41 Å². The van der Waals surface area contributed by atoms with Crippen LogP contribution in [0.25, 0.3) is 0 Å². The van der Waals surface area contributed by atoms with Gasteiger partial charge in [0.05, 0.1) is 0 Å². The molecule has 13 heavy (non-hydrogen) atoms. The first kappa shape index (κ1) is 9.69. The van der Waals surface area contributed by atoms with Gasteiger partial charge in [-0.15, -0.1) is 0 Å². The molecule has 0 saturated heterocycles. The zero-order valence-electron chi connectivity index (χ0n) is 6.56. The van der Waals surface area contributed by atoms with Crippen molar-refractivity contribution in [3.05, 3.63) is 30.3 Å². The average Bonchev–Trinajstić information content (AvgIpc) is 2.04. The molecule has 0 aliphatic rings. The first-order chi connectivity index (χ1) is 6.00. The van der Waals surface area contributed by atoms with Gasteiger partial charge in [-0.25, -0.2) is 0 Å². The minimum absolute atomic E-state index is 0.435. The second-order valence-corrected chi connectivity index (χ2v) is 3.65. The molecule has 0 saturated carbocycles. The third kappa shape index (κ3) is 2.85. The van der Waals surface area contributed by atoms with Crippen LogP contribution in [0, 0.1) is 5.41 Å². The quantitative estimate of drug-likeness (QED) is 0.357. The van der Waals surface area contributed by atoms with Crippen molar-refractivity contribution in [2.75, 3.05) is 5.32 Å². The van der Waals surface area contributed by atoms with Crippen molar-refractivity contribution in [2.24, 2.45) is 0 Å². The average molecular weight is 200 g/mol. The van der Waals surface area contributed by atoms with E-state index in [-0.39, 0.29) is 0 Å². The molecule has 3 N–H and O–H groups in total. The Morgan fingerprint density at radius 2 is 1.85 bits per heavy atom. The number of para-hydroxylation sites is 1. The third-order valence-corrected chi connectivity index (χ3v) is 1.91. The molecule has 0 fully saturated rings. The molecule has 5 nitrogen and oxygen atoms in total. The smallest absolute Gasteiger partial charge is 0.327 e. The van der Waals surface area contributed by atoms with Crippen LogP contribution < -0.4 is 5.32 Å². The lowest BCUT2D eigenvalue weighted by molar-refractivity contribution is 0.498. The van der Waals surface area contributed by atoms with Crippen LogP contribution in [0.1, 0.15) is 0 Å². The van der Waals surface area contributed by atoms with Gasteiger partial charge in [0.15, 0.2) is 0 Å². The van der Waals surface area contributed by atoms with Crippen LogP contribution in [0.2, 0.25) is 0 Å². The summed E-state index contributed by atoms with van der Waals surface area (Å²) >= 11 is 0. The van der Waals surface area contributed by atoms with Crippen LogP contribution in [-0.2, 0) is 10.1 Å². The molecule has 0 aromatic heterocycles. The summed E-state index contributed by atoms with van der Waals surface area (Å²) in [6.07, 6.45) is 0. The fraction of sp³-hybridized carbons (Fsp3) is 0. The summed E-state index contributed by atoms with van der Waals surface area (Å²) in [6, 6.07) is 8.28. The van der Waals surface area contributed by atoms with Crippen LogP contribution in [0.3, 0.4) is 0 Å². The van der Waals surface area contributed by atoms with E-state index in [0.717, 1.165) is 0 Å². The van der Waals surface area contributed by atoms with Crippen molar-refractivity contribution in [3.63, 3.8) is 0 Å². The van der Waals surface area contributed by atoms with Gasteiger partial charge in [-0.1, -0.05) is 18.2 Å². The van der Waals surface area contributed by atoms with Crippen LogP contribution in [0.4, 0.5) is 5.69 Å². The number of amidine groups is 1. The molecule has 0 amide bonds. The van der Waals surface area contributed by atoms with Gasteiger partial charge in [0, 0.05) is 5.69 Å². The van der Waals surface area contributed by atoms with E-state index in [1.54, 1.807) is 30.3 Å². The summed E-state index contributed by atoms with van der Waals surface area (Å²) in [5.41, 5.74) is 0.435. The lowest BCUT2D eigenvalue weighted by Crippen LogP contribution is -2.21. The predicted molar refractivity (Wildman–Crippen MR) is 49.3 cm³/mol. The van der Waals surface area contributed by atoms with Crippen molar-refractivity contribution in [2.45, 2.75) is 0 Å². The molecule has 0 bridgehead atoms. The fourth-order valence-electron chi connectivity index (χ4n) is 0.717. The van der Waals surface area contributed by atoms with Gasteiger partial charge in [-0.05, 0) is 12.1 Å². The van der Waals surface area contributed by atoms with Crippen molar-refractivity contribution in [1.82, 2.24) is 0 Å². The highest BCUT2D eigenvalue weighted by molar-refractivity contribution is 8.01. The monoisotopic (exact) mass is 200 g/mol. The number of hydrogen-bond donors (Lipinski definition) is 3. The largest absolute Gasteiger partial charge is 0.329 e. The molecule has 0 aliphatic heterocycles. The maximum atomic E-state index is 10.4. The zero-order chi connectivity index (χ0) is 9.90. The molecular formula is C7H8N2O3S. The predicted octanol–water partition coefficient (Wildman–Crippen LogP) is 0.921. The fourth-order valence-corrected chi connectivity index (χ4v) is 0.964. The Labute approximate surface area is 75.7 Å². The van der Waals surface area contributed by atoms with E-state index in [9.17, 15) is 8.42 Å². The summed E-state index contributed by atoms with van der Waals surface area (Å²) < 4.78 is 29.2. The first-order valence-corrected chi connectivity index (χ1v) is 4.82. The summed E-state index contributed by atoms with van der Waals surface area (Å²) in [7, 11) is -4.43. The number of rotatable bonds is 1. The van der Waals surface area contributed by atoms with E-state index in [1.807, 2.05) is 0 Å². The summed E-state index contributed by atoms with van der Waals surface area (Å²) in [5.74, 6) is 0. The zero-order valence-corrected chi connectivity index (χ0v) is 7.38. The Morgan fingerprint density at radius 3 is 2.31 bits per heavy atom. The molecule has 0 spiro atoms. The topological polar surface area (TPSA) is 90.3 Å². The van der Waals surface area contributed by atoms with Crippen LogP contribution in [-0.4, -0.2) is 18.1 Å². The summed E-state index contributed by atoms with van der Waals surface area (Å²) in [6.45, 7) is 0. The minimum atomic E-state index is -4.43. The van der Waals surface area contributed by atoms with Crippen LogP contribution in [0.15, 0.2) is 30.3 Å².